The molecule has 4 aliphatic carbocycles. The van der Waals surface area contributed by atoms with Crippen molar-refractivity contribution >= 4 is 0 Å². The van der Waals surface area contributed by atoms with Crippen LogP contribution in [0, 0.1) is 11.8 Å². The fourth-order valence-electron chi connectivity index (χ4n) is 4.53. The lowest BCUT2D eigenvalue weighted by molar-refractivity contribution is 0.504. The summed E-state index contributed by atoms with van der Waals surface area (Å²) in [7, 11) is 0. The van der Waals surface area contributed by atoms with E-state index in [4.69, 9.17) is 0 Å². The second-order valence-corrected chi connectivity index (χ2v) is 7.32. The highest BCUT2D eigenvalue weighted by Crippen LogP contribution is 2.44. The average molecular weight is 272 g/mol. The molecule has 112 valence electrons. The molecule has 0 N–H and O–H groups in total. The summed E-state index contributed by atoms with van der Waals surface area (Å²) >= 11 is 0. The van der Waals surface area contributed by atoms with Gasteiger partial charge < -0.3 is 0 Å². The van der Waals surface area contributed by atoms with E-state index in [2.05, 4.69) is 12.2 Å². The van der Waals surface area contributed by atoms with E-state index in [1.165, 1.54) is 89.9 Å². The maximum Gasteiger partial charge on any atom is -0.0164 e. The first kappa shape index (κ1) is 14.4. The van der Waals surface area contributed by atoms with Crippen molar-refractivity contribution < 1.29 is 0 Å². The molecule has 0 heteroatoms. The molecular formula is C20H32. The monoisotopic (exact) mass is 272 g/mol. The van der Waals surface area contributed by atoms with Gasteiger partial charge in [-0.1, -0.05) is 69.9 Å². The van der Waals surface area contributed by atoms with Crippen LogP contribution in [0.5, 0.6) is 0 Å². The van der Waals surface area contributed by atoms with E-state index < -0.39 is 0 Å². The molecule has 0 heterocycles. The molecule has 20 heavy (non-hydrogen) atoms. The molecule has 0 aromatic rings. The highest BCUT2D eigenvalue weighted by molar-refractivity contribution is 5.39. The van der Waals surface area contributed by atoms with E-state index in [9.17, 15) is 0 Å². The van der Waals surface area contributed by atoms with Crippen LogP contribution in [0.2, 0.25) is 0 Å². The molecule has 0 spiro atoms. The molecule has 4 rings (SSSR count). The topological polar surface area (TPSA) is 0 Å². The quantitative estimate of drug-likeness (QED) is 0.467. The molecule has 0 saturated heterocycles. The molecule has 2 unspecified atom stereocenters. The lowest BCUT2D eigenvalue weighted by atomic mass is 9.85. The van der Waals surface area contributed by atoms with Gasteiger partial charge in [0.15, 0.2) is 0 Å². The highest BCUT2D eigenvalue weighted by atomic mass is 14.3. The van der Waals surface area contributed by atoms with Crippen LogP contribution in [-0.4, -0.2) is 0 Å². The standard InChI is InChI=1S/C12H16.C8H16/c1-3-9-7-11-5-2-6-12(11)8-10(9)4-1;1-2-4-6-8-7-5-3-1/h7-10H,1-6H2;1-8H2. The van der Waals surface area contributed by atoms with E-state index in [0.717, 1.165) is 11.8 Å². The number of allylic oxidation sites excluding steroid dienone is 4. The van der Waals surface area contributed by atoms with Crippen LogP contribution in [-0.2, 0) is 0 Å². The second kappa shape index (κ2) is 7.48. The number of hydrogen-bond acceptors (Lipinski definition) is 0. The van der Waals surface area contributed by atoms with Crippen molar-refractivity contribution in [1.82, 2.24) is 0 Å². The van der Waals surface area contributed by atoms with Crippen LogP contribution in [0.25, 0.3) is 0 Å². The molecule has 0 nitrogen and oxygen atoms in total. The summed E-state index contributed by atoms with van der Waals surface area (Å²) in [5.41, 5.74) is 3.41. The van der Waals surface area contributed by atoms with Crippen molar-refractivity contribution in [3.05, 3.63) is 23.3 Å². The Morgan fingerprint density at radius 1 is 0.500 bits per heavy atom. The maximum atomic E-state index is 2.60. The summed E-state index contributed by atoms with van der Waals surface area (Å²) in [5, 5.41) is 0. The summed E-state index contributed by atoms with van der Waals surface area (Å²) in [6.45, 7) is 0. The number of rotatable bonds is 0. The van der Waals surface area contributed by atoms with Crippen molar-refractivity contribution in [2.24, 2.45) is 11.8 Å². The Labute approximate surface area is 125 Å². The van der Waals surface area contributed by atoms with Crippen LogP contribution >= 0.6 is 0 Å². The molecule has 0 radical (unpaired) electrons. The third-order valence-electron chi connectivity index (χ3n) is 5.76. The first-order valence-electron chi connectivity index (χ1n) is 9.35. The normalized spacial score (nSPS) is 32.8. The highest BCUT2D eigenvalue weighted by Gasteiger charge is 2.30. The Morgan fingerprint density at radius 2 is 0.900 bits per heavy atom. The summed E-state index contributed by atoms with van der Waals surface area (Å²) < 4.78 is 0. The van der Waals surface area contributed by atoms with Gasteiger partial charge in [0, 0.05) is 0 Å². The first-order chi connectivity index (χ1) is 9.93. The second-order valence-electron chi connectivity index (χ2n) is 7.32. The van der Waals surface area contributed by atoms with Gasteiger partial charge in [-0.3, -0.25) is 0 Å². The summed E-state index contributed by atoms with van der Waals surface area (Å²) in [5.74, 6) is 1.86. The maximum absolute atomic E-state index is 2.60. The first-order valence-corrected chi connectivity index (χ1v) is 9.35. The molecule has 2 atom stereocenters. The van der Waals surface area contributed by atoms with Crippen molar-refractivity contribution in [1.29, 1.82) is 0 Å². The third kappa shape index (κ3) is 3.77. The van der Waals surface area contributed by atoms with E-state index in [1.807, 2.05) is 0 Å². The van der Waals surface area contributed by atoms with Gasteiger partial charge in [0.05, 0.1) is 0 Å². The average Bonchev–Trinajstić information content (AvgIpc) is 3.02. The predicted molar refractivity (Wildman–Crippen MR) is 87.8 cm³/mol. The van der Waals surface area contributed by atoms with Gasteiger partial charge in [-0.05, 0) is 55.1 Å². The minimum Gasteiger partial charge on any atom is -0.0773 e. The van der Waals surface area contributed by atoms with Crippen molar-refractivity contribution in [3.8, 4) is 0 Å². The van der Waals surface area contributed by atoms with Gasteiger partial charge in [0.1, 0.15) is 0 Å². The summed E-state index contributed by atoms with van der Waals surface area (Å²) in [6, 6.07) is 0. The number of hydrogen-bond donors (Lipinski definition) is 0. The number of fused-ring (bicyclic) bond motifs is 2. The van der Waals surface area contributed by atoms with Gasteiger partial charge >= 0.3 is 0 Å². The van der Waals surface area contributed by atoms with Crippen molar-refractivity contribution in [3.63, 3.8) is 0 Å². The van der Waals surface area contributed by atoms with Crippen molar-refractivity contribution in [2.45, 2.75) is 89.9 Å². The zero-order chi connectivity index (χ0) is 13.6. The molecule has 0 amide bonds. The molecule has 0 aromatic heterocycles. The lowest BCUT2D eigenvalue weighted by Gasteiger charge is -2.20. The van der Waals surface area contributed by atoms with Crippen molar-refractivity contribution in [2.75, 3.05) is 0 Å². The Hall–Kier alpha value is -0.520. The Kier molecular flexibility index (Phi) is 5.39. The van der Waals surface area contributed by atoms with Gasteiger partial charge in [-0.25, -0.2) is 0 Å². The lowest BCUT2D eigenvalue weighted by Crippen LogP contribution is -2.08. The van der Waals surface area contributed by atoms with Gasteiger partial charge in [-0.2, -0.15) is 0 Å². The Morgan fingerprint density at radius 3 is 1.30 bits per heavy atom. The van der Waals surface area contributed by atoms with E-state index in [0.29, 0.717) is 0 Å². The van der Waals surface area contributed by atoms with Gasteiger partial charge in [0.25, 0.3) is 0 Å². The minimum absolute atomic E-state index is 0.932. The predicted octanol–water partition coefficient (Wildman–Crippen LogP) is 6.57. The summed E-state index contributed by atoms with van der Waals surface area (Å²) in [6.07, 6.45) is 25.7. The van der Waals surface area contributed by atoms with Crippen LogP contribution < -0.4 is 0 Å². The molecule has 4 aliphatic rings. The zero-order valence-corrected chi connectivity index (χ0v) is 13.2. The van der Waals surface area contributed by atoms with Gasteiger partial charge in [0.2, 0.25) is 0 Å². The Balaban J connectivity index is 0.000000133. The fourth-order valence-corrected chi connectivity index (χ4v) is 4.53. The van der Waals surface area contributed by atoms with Crippen LogP contribution in [0.3, 0.4) is 0 Å². The van der Waals surface area contributed by atoms with E-state index in [1.54, 1.807) is 11.1 Å². The smallest absolute Gasteiger partial charge is 0.0164 e. The van der Waals surface area contributed by atoms with Crippen LogP contribution in [0.15, 0.2) is 23.3 Å². The Bertz CT molecular complexity index is 310. The molecule has 0 aliphatic heterocycles. The fraction of sp³-hybridized carbons (Fsp3) is 0.800. The molecule has 0 bridgehead atoms. The largest absolute Gasteiger partial charge is 0.0773 e. The SMILES string of the molecule is C1=C2CCCC2=CC2CCCC12.C1CCCCCCC1. The van der Waals surface area contributed by atoms with Gasteiger partial charge in [-0.15, -0.1) is 0 Å². The van der Waals surface area contributed by atoms with E-state index in [-0.39, 0.29) is 0 Å². The summed E-state index contributed by atoms with van der Waals surface area (Å²) in [4.78, 5) is 0. The molecule has 3 saturated carbocycles. The molecular weight excluding hydrogens is 240 g/mol. The third-order valence-corrected chi connectivity index (χ3v) is 5.76. The van der Waals surface area contributed by atoms with Crippen LogP contribution in [0.4, 0.5) is 0 Å². The minimum atomic E-state index is 0.932. The van der Waals surface area contributed by atoms with E-state index >= 15 is 0 Å². The van der Waals surface area contributed by atoms with Crippen LogP contribution in [0.1, 0.15) is 89.9 Å². The zero-order valence-electron chi connectivity index (χ0n) is 13.2. The molecule has 3 fully saturated rings. The molecule has 0 aromatic carbocycles.